The predicted octanol–water partition coefficient (Wildman–Crippen LogP) is 2.11. The van der Waals surface area contributed by atoms with E-state index in [1.54, 1.807) is 26.0 Å². The van der Waals surface area contributed by atoms with Gasteiger partial charge < -0.3 is 19.7 Å². The Hall–Kier alpha value is -2.93. The van der Waals surface area contributed by atoms with Gasteiger partial charge in [-0.25, -0.2) is 4.79 Å². The Morgan fingerprint density at radius 3 is 2.33 bits per heavy atom. The molecule has 0 bridgehead atoms. The number of carbonyl (C=O) groups is 3. The van der Waals surface area contributed by atoms with E-state index in [0.717, 1.165) is 10.5 Å². The molecule has 0 atom stereocenters. The van der Waals surface area contributed by atoms with Crippen LogP contribution in [-0.4, -0.2) is 59.5 Å². The number of hydrogen-bond acceptors (Lipinski definition) is 5. The number of likely N-dealkylation sites (N-methyl/N-ethyl adjacent to an activating group) is 1. The smallest absolute Gasteiger partial charge is 0.340 e. The molecular formula is C20H24N2O5. The number of esters is 1. The maximum atomic E-state index is 12.8. The van der Waals surface area contributed by atoms with Gasteiger partial charge in [0.05, 0.1) is 18.8 Å². The highest BCUT2D eigenvalue weighted by Crippen LogP contribution is 2.32. The van der Waals surface area contributed by atoms with Gasteiger partial charge in [0, 0.05) is 24.8 Å². The standard InChI is InChI=1S/C20H24N2O5/c1-5-27-20(26)15-13(3)21-17(18(24)19(25)22(4)10-11-23)16(15)14-8-6-12(2)7-9-14/h6-9,21,23H,5,10-11H2,1-4H3. The number of Topliss-reactive ketones (excluding diaryl/α,β-unsaturated/α-hetero) is 1. The summed E-state index contributed by atoms with van der Waals surface area (Å²) in [5.74, 6) is -2.11. The molecule has 0 saturated carbocycles. The summed E-state index contributed by atoms with van der Waals surface area (Å²) in [6.07, 6.45) is 0. The molecule has 7 nitrogen and oxygen atoms in total. The number of aliphatic hydroxyl groups is 1. The Labute approximate surface area is 157 Å². The summed E-state index contributed by atoms with van der Waals surface area (Å²) in [5, 5.41) is 9.00. The molecule has 2 N–H and O–H groups in total. The number of aryl methyl sites for hydroxylation is 2. The summed E-state index contributed by atoms with van der Waals surface area (Å²) in [5.41, 5.74) is 2.73. The van der Waals surface area contributed by atoms with E-state index in [2.05, 4.69) is 4.98 Å². The number of aromatic amines is 1. The third kappa shape index (κ3) is 4.25. The SMILES string of the molecule is CCOC(=O)c1c(C)[nH]c(C(=O)C(=O)N(C)CCO)c1-c1ccc(C)cc1. The van der Waals surface area contributed by atoms with Gasteiger partial charge in [0.25, 0.3) is 11.7 Å². The number of ether oxygens (including phenoxy) is 1. The van der Waals surface area contributed by atoms with Gasteiger partial charge in [-0.15, -0.1) is 0 Å². The van der Waals surface area contributed by atoms with Gasteiger partial charge in [0.1, 0.15) is 5.69 Å². The van der Waals surface area contributed by atoms with Crippen LogP contribution in [0.1, 0.15) is 39.0 Å². The molecule has 1 aromatic heterocycles. The Kier molecular flexibility index (Phi) is 6.52. The minimum Gasteiger partial charge on any atom is -0.462 e. The fraction of sp³-hybridized carbons (Fsp3) is 0.350. The summed E-state index contributed by atoms with van der Waals surface area (Å²) in [4.78, 5) is 41.7. The molecule has 0 radical (unpaired) electrons. The molecule has 1 heterocycles. The van der Waals surface area contributed by atoms with Crippen LogP contribution in [0.5, 0.6) is 0 Å². The van der Waals surface area contributed by atoms with Crippen molar-refractivity contribution in [3.63, 3.8) is 0 Å². The Morgan fingerprint density at radius 1 is 1.15 bits per heavy atom. The highest BCUT2D eigenvalue weighted by atomic mass is 16.5. The number of rotatable bonds is 7. The van der Waals surface area contributed by atoms with E-state index in [9.17, 15) is 14.4 Å². The second-order valence-electron chi connectivity index (χ2n) is 6.24. The fourth-order valence-corrected chi connectivity index (χ4v) is 2.79. The van der Waals surface area contributed by atoms with Crippen molar-refractivity contribution in [3.05, 3.63) is 46.8 Å². The molecule has 2 rings (SSSR count). The molecule has 1 amide bonds. The molecule has 0 aliphatic carbocycles. The molecule has 0 spiro atoms. The van der Waals surface area contributed by atoms with Crippen LogP contribution in [-0.2, 0) is 9.53 Å². The van der Waals surface area contributed by atoms with Crippen LogP contribution in [0.4, 0.5) is 0 Å². The van der Waals surface area contributed by atoms with Crippen molar-refractivity contribution >= 4 is 17.7 Å². The quantitative estimate of drug-likeness (QED) is 0.440. The van der Waals surface area contributed by atoms with Crippen molar-refractivity contribution in [3.8, 4) is 11.1 Å². The van der Waals surface area contributed by atoms with E-state index < -0.39 is 17.7 Å². The minimum atomic E-state index is -0.778. The first-order valence-corrected chi connectivity index (χ1v) is 8.69. The summed E-state index contributed by atoms with van der Waals surface area (Å²) in [6, 6.07) is 7.31. The maximum absolute atomic E-state index is 12.8. The van der Waals surface area contributed by atoms with Crippen molar-refractivity contribution in [2.75, 3.05) is 26.8 Å². The molecule has 1 aromatic carbocycles. The molecule has 0 fully saturated rings. The fourth-order valence-electron chi connectivity index (χ4n) is 2.79. The maximum Gasteiger partial charge on any atom is 0.340 e. The zero-order valence-electron chi connectivity index (χ0n) is 16.0. The molecule has 0 aliphatic heterocycles. The summed E-state index contributed by atoms with van der Waals surface area (Å²) >= 11 is 0. The zero-order chi connectivity index (χ0) is 20.1. The number of aromatic nitrogens is 1. The monoisotopic (exact) mass is 372 g/mol. The zero-order valence-corrected chi connectivity index (χ0v) is 16.0. The van der Waals surface area contributed by atoms with Crippen molar-refractivity contribution in [2.24, 2.45) is 0 Å². The van der Waals surface area contributed by atoms with E-state index in [1.807, 2.05) is 19.1 Å². The van der Waals surface area contributed by atoms with Gasteiger partial charge in [-0.1, -0.05) is 29.8 Å². The Bertz CT molecular complexity index is 852. The number of amides is 1. The van der Waals surface area contributed by atoms with E-state index in [0.29, 0.717) is 16.8 Å². The average molecular weight is 372 g/mol. The van der Waals surface area contributed by atoms with Gasteiger partial charge >= 0.3 is 5.97 Å². The van der Waals surface area contributed by atoms with E-state index in [-0.39, 0.29) is 31.0 Å². The topological polar surface area (TPSA) is 99.7 Å². The van der Waals surface area contributed by atoms with Gasteiger partial charge in [0.2, 0.25) is 0 Å². The number of nitrogens with one attached hydrogen (secondary N) is 1. The van der Waals surface area contributed by atoms with Crippen molar-refractivity contribution in [1.29, 1.82) is 0 Å². The lowest BCUT2D eigenvalue weighted by atomic mass is 9.97. The highest BCUT2D eigenvalue weighted by Gasteiger charge is 2.30. The number of ketones is 1. The van der Waals surface area contributed by atoms with Crippen LogP contribution < -0.4 is 0 Å². The third-order valence-corrected chi connectivity index (χ3v) is 4.21. The van der Waals surface area contributed by atoms with Crippen LogP contribution >= 0.6 is 0 Å². The summed E-state index contributed by atoms with van der Waals surface area (Å²) in [6.45, 7) is 5.26. The number of nitrogens with zero attached hydrogens (tertiary/aromatic N) is 1. The Balaban J connectivity index is 2.62. The van der Waals surface area contributed by atoms with Crippen LogP contribution in [0.2, 0.25) is 0 Å². The third-order valence-electron chi connectivity index (χ3n) is 4.21. The van der Waals surface area contributed by atoms with E-state index >= 15 is 0 Å². The average Bonchev–Trinajstić information content (AvgIpc) is 2.98. The van der Waals surface area contributed by atoms with Crippen molar-refractivity contribution < 1.29 is 24.2 Å². The number of carbonyl (C=O) groups excluding carboxylic acids is 3. The molecule has 0 aliphatic rings. The largest absolute Gasteiger partial charge is 0.462 e. The second-order valence-corrected chi connectivity index (χ2v) is 6.24. The minimum absolute atomic E-state index is 0.0363. The number of aliphatic hydroxyl groups excluding tert-OH is 1. The molecule has 144 valence electrons. The lowest BCUT2D eigenvalue weighted by Gasteiger charge is -2.15. The molecule has 7 heteroatoms. The normalized spacial score (nSPS) is 10.6. The van der Waals surface area contributed by atoms with Crippen molar-refractivity contribution in [2.45, 2.75) is 20.8 Å². The molecule has 27 heavy (non-hydrogen) atoms. The van der Waals surface area contributed by atoms with E-state index in [4.69, 9.17) is 9.84 Å². The lowest BCUT2D eigenvalue weighted by molar-refractivity contribution is -0.125. The molecule has 0 saturated heterocycles. The van der Waals surface area contributed by atoms with Crippen molar-refractivity contribution in [1.82, 2.24) is 9.88 Å². The number of benzene rings is 1. The second kappa shape index (κ2) is 8.64. The van der Waals surface area contributed by atoms with Crippen LogP contribution in [0.3, 0.4) is 0 Å². The van der Waals surface area contributed by atoms with Gasteiger partial charge in [-0.2, -0.15) is 0 Å². The lowest BCUT2D eigenvalue weighted by Crippen LogP contribution is -2.35. The first-order valence-electron chi connectivity index (χ1n) is 8.69. The van der Waals surface area contributed by atoms with Crippen LogP contribution in [0.15, 0.2) is 24.3 Å². The van der Waals surface area contributed by atoms with E-state index in [1.165, 1.54) is 7.05 Å². The Morgan fingerprint density at radius 2 is 1.78 bits per heavy atom. The van der Waals surface area contributed by atoms with Crippen LogP contribution in [0, 0.1) is 13.8 Å². The summed E-state index contributed by atoms with van der Waals surface area (Å²) < 4.78 is 5.14. The predicted molar refractivity (Wildman–Crippen MR) is 101 cm³/mol. The number of hydrogen-bond donors (Lipinski definition) is 2. The first kappa shape index (κ1) is 20.4. The summed E-state index contributed by atoms with van der Waals surface area (Å²) in [7, 11) is 1.43. The molecule has 2 aromatic rings. The van der Waals surface area contributed by atoms with Crippen LogP contribution in [0.25, 0.3) is 11.1 Å². The molecule has 0 unspecified atom stereocenters. The van der Waals surface area contributed by atoms with Gasteiger partial charge in [-0.05, 0) is 26.3 Å². The highest BCUT2D eigenvalue weighted by molar-refractivity contribution is 6.43. The van der Waals surface area contributed by atoms with Gasteiger partial charge in [-0.3, -0.25) is 9.59 Å². The number of H-pyrrole nitrogens is 1. The van der Waals surface area contributed by atoms with Gasteiger partial charge in [0.15, 0.2) is 0 Å². The first-order chi connectivity index (χ1) is 12.8. The molecular weight excluding hydrogens is 348 g/mol.